The molecule has 1 rings (SSSR count). The second-order valence-electron chi connectivity index (χ2n) is 4.54. The van der Waals surface area contributed by atoms with Crippen LogP contribution in [0.4, 0.5) is 11.4 Å². The lowest BCUT2D eigenvalue weighted by atomic mass is 9.96. The Balaban J connectivity index is 2.89. The molecule has 0 aromatic heterocycles. The van der Waals surface area contributed by atoms with E-state index < -0.39 is 10.5 Å². The summed E-state index contributed by atoms with van der Waals surface area (Å²) in [6.07, 6.45) is 1.35. The monoisotopic (exact) mass is 329 g/mol. The number of nitro benzene ring substituents is 1. The lowest BCUT2D eigenvalue weighted by Crippen LogP contribution is -2.48. The normalized spacial score (nSPS) is 13.7. The predicted octanol–water partition coefficient (Wildman–Crippen LogP) is 2.81. The number of anilines is 1. The second-order valence-corrected chi connectivity index (χ2v) is 5.40. The van der Waals surface area contributed by atoms with E-state index in [0.29, 0.717) is 16.6 Å². The predicted molar refractivity (Wildman–Crippen MR) is 76.9 cm³/mol. The molecule has 19 heavy (non-hydrogen) atoms. The van der Waals surface area contributed by atoms with E-state index in [1.165, 1.54) is 18.2 Å². The van der Waals surface area contributed by atoms with Gasteiger partial charge in [0.25, 0.3) is 5.69 Å². The zero-order valence-corrected chi connectivity index (χ0v) is 12.4. The van der Waals surface area contributed by atoms with E-state index in [2.05, 4.69) is 21.2 Å². The van der Waals surface area contributed by atoms with Gasteiger partial charge in [0.05, 0.1) is 16.1 Å². The van der Waals surface area contributed by atoms with Gasteiger partial charge in [-0.1, -0.05) is 13.3 Å². The summed E-state index contributed by atoms with van der Waals surface area (Å²) in [6, 6.07) is 4.14. The van der Waals surface area contributed by atoms with Crippen LogP contribution in [-0.4, -0.2) is 16.4 Å². The lowest BCUT2D eigenvalue weighted by molar-refractivity contribution is -0.384. The molecule has 3 N–H and O–H groups in total. The van der Waals surface area contributed by atoms with Gasteiger partial charge in [0.1, 0.15) is 0 Å². The van der Waals surface area contributed by atoms with Crippen molar-refractivity contribution in [2.75, 3.05) is 5.32 Å². The summed E-state index contributed by atoms with van der Waals surface area (Å²) >= 11 is 3.19. The van der Waals surface area contributed by atoms with E-state index in [1.54, 1.807) is 6.92 Å². The first-order valence-corrected chi connectivity index (χ1v) is 6.61. The van der Waals surface area contributed by atoms with E-state index in [1.807, 2.05) is 6.92 Å². The number of amides is 1. The van der Waals surface area contributed by atoms with Crippen molar-refractivity contribution in [3.8, 4) is 0 Å². The summed E-state index contributed by atoms with van der Waals surface area (Å²) in [5.74, 6) is -0.316. The van der Waals surface area contributed by atoms with Crippen molar-refractivity contribution in [2.45, 2.75) is 32.2 Å². The van der Waals surface area contributed by atoms with Crippen LogP contribution < -0.4 is 11.1 Å². The number of halogens is 1. The van der Waals surface area contributed by atoms with Gasteiger partial charge in [-0.25, -0.2) is 0 Å². The van der Waals surface area contributed by atoms with Gasteiger partial charge in [-0.3, -0.25) is 14.9 Å². The highest BCUT2D eigenvalue weighted by Crippen LogP contribution is 2.27. The van der Waals surface area contributed by atoms with Gasteiger partial charge in [-0.15, -0.1) is 0 Å². The van der Waals surface area contributed by atoms with Gasteiger partial charge in [0, 0.05) is 16.6 Å². The molecule has 1 atom stereocenters. The molecule has 0 bridgehead atoms. The standard InChI is InChI=1S/C12H16BrN3O3/c1-3-6-12(2,14)11(17)15-10-5-4-8(16(18)19)7-9(10)13/h4-5,7H,3,6,14H2,1-2H3,(H,15,17). The number of nitrogens with two attached hydrogens (primary N) is 1. The Morgan fingerprint density at radius 3 is 2.68 bits per heavy atom. The summed E-state index contributed by atoms with van der Waals surface area (Å²) < 4.78 is 0.447. The first-order valence-electron chi connectivity index (χ1n) is 5.82. The fraction of sp³-hybridized carbons (Fsp3) is 0.417. The van der Waals surface area contributed by atoms with Gasteiger partial charge >= 0.3 is 0 Å². The summed E-state index contributed by atoms with van der Waals surface area (Å²) in [6.45, 7) is 3.60. The summed E-state index contributed by atoms with van der Waals surface area (Å²) in [7, 11) is 0. The van der Waals surface area contributed by atoms with Gasteiger partial charge in [0.2, 0.25) is 5.91 Å². The number of nitrogens with zero attached hydrogens (tertiary/aromatic N) is 1. The average Bonchev–Trinajstić information content (AvgIpc) is 2.31. The average molecular weight is 330 g/mol. The first kappa shape index (κ1) is 15.6. The van der Waals surface area contributed by atoms with Crippen molar-refractivity contribution < 1.29 is 9.72 Å². The maximum absolute atomic E-state index is 12.0. The number of nitro groups is 1. The van der Waals surface area contributed by atoms with Crippen molar-refractivity contribution in [1.29, 1.82) is 0 Å². The Kier molecular flexibility index (Phi) is 5.02. The molecule has 1 unspecified atom stereocenters. The van der Waals surface area contributed by atoms with Gasteiger partial charge in [-0.05, 0) is 35.3 Å². The first-order chi connectivity index (χ1) is 8.77. The van der Waals surface area contributed by atoms with Crippen molar-refractivity contribution in [3.63, 3.8) is 0 Å². The van der Waals surface area contributed by atoms with Crippen molar-refractivity contribution in [3.05, 3.63) is 32.8 Å². The molecule has 0 aliphatic heterocycles. The molecule has 0 spiro atoms. The summed E-state index contributed by atoms with van der Waals surface area (Å²) in [5, 5.41) is 13.3. The second kappa shape index (κ2) is 6.12. The highest BCUT2D eigenvalue weighted by molar-refractivity contribution is 9.10. The molecular formula is C12H16BrN3O3. The Hall–Kier alpha value is -1.47. The minimum atomic E-state index is -0.962. The molecule has 7 heteroatoms. The SMILES string of the molecule is CCCC(C)(N)C(=O)Nc1ccc([N+](=O)[O-])cc1Br. The Morgan fingerprint density at radius 1 is 1.58 bits per heavy atom. The van der Waals surface area contributed by atoms with Crippen LogP contribution in [0.1, 0.15) is 26.7 Å². The third-order valence-electron chi connectivity index (χ3n) is 2.70. The number of nitrogens with one attached hydrogen (secondary N) is 1. The van der Waals surface area contributed by atoms with Crippen LogP contribution in [0.25, 0.3) is 0 Å². The maximum Gasteiger partial charge on any atom is 0.270 e. The minimum Gasteiger partial charge on any atom is -0.323 e. The molecule has 0 saturated heterocycles. The number of hydrogen-bond acceptors (Lipinski definition) is 4. The molecule has 0 aliphatic carbocycles. The molecule has 1 aromatic rings. The largest absolute Gasteiger partial charge is 0.323 e. The van der Waals surface area contributed by atoms with E-state index >= 15 is 0 Å². The van der Waals surface area contributed by atoms with E-state index in [4.69, 9.17) is 5.73 Å². The van der Waals surface area contributed by atoms with Crippen LogP contribution in [0.15, 0.2) is 22.7 Å². The van der Waals surface area contributed by atoms with E-state index in [-0.39, 0.29) is 11.6 Å². The van der Waals surface area contributed by atoms with Crippen LogP contribution >= 0.6 is 15.9 Å². The van der Waals surface area contributed by atoms with Gasteiger partial charge in [-0.2, -0.15) is 0 Å². The fourth-order valence-electron chi connectivity index (χ4n) is 1.62. The molecule has 1 amide bonds. The number of hydrogen-bond donors (Lipinski definition) is 2. The van der Waals surface area contributed by atoms with Crippen molar-refractivity contribution in [1.82, 2.24) is 0 Å². The Labute approximate surface area is 119 Å². The number of non-ortho nitro benzene ring substituents is 1. The third-order valence-corrected chi connectivity index (χ3v) is 3.36. The number of rotatable bonds is 5. The molecule has 0 radical (unpaired) electrons. The molecule has 104 valence electrons. The topological polar surface area (TPSA) is 98.3 Å². The highest BCUT2D eigenvalue weighted by Gasteiger charge is 2.27. The Bertz CT molecular complexity index is 503. The fourth-order valence-corrected chi connectivity index (χ4v) is 2.08. The molecule has 0 saturated carbocycles. The summed E-state index contributed by atoms with van der Waals surface area (Å²) in [5.41, 5.74) is 5.36. The van der Waals surface area contributed by atoms with E-state index in [0.717, 1.165) is 6.42 Å². The third kappa shape index (κ3) is 4.00. The molecule has 6 nitrogen and oxygen atoms in total. The van der Waals surface area contributed by atoms with E-state index in [9.17, 15) is 14.9 Å². The van der Waals surface area contributed by atoms with Crippen molar-refractivity contribution in [2.24, 2.45) is 5.73 Å². The molecule has 0 aliphatic rings. The van der Waals surface area contributed by atoms with Crippen LogP contribution in [0, 0.1) is 10.1 Å². The number of carbonyl (C=O) groups is 1. The molecule has 1 aromatic carbocycles. The summed E-state index contributed by atoms with van der Waals surface area (Å²) in [4.78, 5) is 22.1. The van der Waals surface area contributed by atoms with Crippen LogP contribution in [0.3, 0.4) is 0 Å². The van der Waals surface area contributed by atoms with Gasteiger partial charge in [0.15, 0.2) is 0 Å². The van der Waals surface area contributed by atoms with Crippen LogP contribution in [0.2, 0.25) is 0 Å². The van der Waals surface area contributed by atoms with Gasteiger partial charge < -0.3 is 11.1 Å². The quantitative estimate of drug-likeness (QED) is 0.640. The molecular weight excluding hydrogens is 314 g/mol. The van der Waals surface area contributed by atoms with Crippen LogP contribution in [0.5, 0.6) is 0 Å². The zero-order chi connectivity index (χ0) is 14.6. The molecule has 0 fully saturated rings. The Morgan fingerprint density at radius 2 is 2.21 bits per heavy atom. The zero-order valence-electron chi connectivity index (χ0n) is 10.8. The highest BCUT2D eigenvalue weighted by atomic mass is 79.9. The number of benzene rings is 1. The van der Waals surface area contributed by atoms with Crippen LogP contribution in [-0.2, 0) is 4.79 Å². The van der Waals surface area contributed by atoms with Crippen molar-refractivity contribution >= 4 is 33.2 Å². The number of carbonyl (C=O) groups excluding carboxylic acids is 1. The molecule has 0 heterocycles. The maximum atomic E-state index is 12.0. The lowest BCUT2D eigenvalue weighted by Gasteiger charge is -2.23. The minimum absolute atomic E-state index is 0.0473. The smallest absolute Gasteiger partial charge is 0.270 e.